The van der Waals surface area contributed by atoms with E-state index in [4.69, 9.17) is 0 Å². The van der Waals surface area contributed by atoms with Crippen molar-refractivity contribution in [2.24, 2.45) is 10.9 Å². The van der Waals surface area contributed by atoms with Crippen LogP contribution in [-0.4, -0.2) is 48.9 Å². The van der Waals surface area contributed by atoms with Gasteiger partial charge in [0.15, 0.2) is 5.96 Å². The summed E-state index contributed by atoms with van der Waals surface area (Å²) in [7, 11) is 0. The number of nitrogens with zero attached hydrogens (tertiary/aromatic N) is 2. The van der Waals surface area contributed by atoms with Crippen LogP contribution >= 0.6 is 24.0 Å². The Labute approximate surface area is 177 Å². The molecule has 150 valence electrons. The lowest BCUT2D eigenvalue weighted by molar-refractivity contribution is -0.122. The van der Waals surface area contributed by atoms with Crippen LogP contribution in [0.1, 0.15) is 31.9 Å². The highest BCUT2D eigenvalue weighted by Gasteiger charge is 2.28. The average Bonchev–Trinajstić information content (AvgIpc) is 3.43. The van der Waals surface area contributed by atoms with Gasteiger partial charge in [0.2, 0.25) is 11.8 Å². The number of halogens is 1. The van der Waals surface area contributed by atoms with E-state index in [0.717, 1.165) is 25.1 Å². The fraction of sp³-hybridized carbons (Fsp3) is 0.556. The molecule has 2 rings (SSSR count). The Morgan fingerprint density at radius 3 is 2.59 bits per heavy atom. The summed E-state index contributed by atoms with van der Waals surface area (Å²) >= 11 is 0. The summed E-state index contributed by atoms with van der Waals surface area (Å²) in [6.45, 7) is 6.08. The molecule has 9 heteroatoms. The molecular weight excluding hydrogens is 459 g/mol. The van der Waals surface area contributed by atoms with Crippen LogP contribution in [0.15, 0.2) is 23.2 Å². The first-order chi connectivity index (χ1) is 12.6. The number of aliphatic imine (C=N–C) groups is 1. The first-order valence-corrected chi connectivity index (χ1v) is 9.12. The number of hydrogen-bond acceptors (Lipinski definition) is 4. The van der Waals surface area contributed by atoms with Crippen LogP contribution in [-0.2, 0) is 9.59 Å². The minimum Gasteiger partial charge on any atom is -0.357 e. The number of rotatable bonds is 9. The van der Waals surface area contributed by atoms with Gasteiger partial charge >= 0.3 is 0 Å². The summed E-state index contributed by atoms with van der Waals surface area (Å²) in [5.41, 5.74) is 0.855. The number of nitrogens with one attached hydrogen (secondary N) is 4. The molecule has 1 saturated carbocycles. The molecule has 0 spiro atoms. The van der Waals surface area contributed by atoms with Crippen molar-refractivity contribution in [2.75, 3.05) is 31.5 Å². The van der Waals surface area contributed by atoms with Gasteiger partial charge in [-0.25, -0.2) is 4.98 Å². The maximum atomic E-state index is 12.0. The summed E-state index contributed by atoms with van der Waals surface area (Å²) in [6.07, 6.45) is 2.28. The summed E-state index contributed by atoms with van der Waals surface area (Å²) in [5, 5.41) is 11.9. The SMILES string of the molecule is CCNC(=NCCC(=O)Nc1cccc(C)n1)NCCNC(=O)C1CC1.I. The van der Waals surface area contributed by atoms with Crippen molar-refractivity contribution >= 4 is 47.6 Å². The molecule has 0 aliphatic heterocycles. The standard InChI is InChI=1S/C18H28N6O2.HI/c1-3-19-18(22-12-11-20-17(26)14-7-8-14)21-10-9-16(25)24-15-6-4-5-13(2)23-15;/h4-6,14H,3,7-12H2,1-2H3,(H,20,26)(H2,19,21,22)(H,23,24,25);1H. The van der Waals surface area contributed by atoms with Crippen molar-refractivity contribution in [3.05, 3.63) is 23.9 Å². The van der Waals surface area contributed by atoms with Gasteiger partial charge in [-0.15, -0.1) is 24.0 Å². The van der Waals surface area contributed by atoms with E-state index in [1.807, 2.05) is 26.0 Å². The van der Waals surface area contributed by atoms with E-state index in [0.29, 0.717) is 31.4 Å². The van der Waals surface area contributed by atoms with Crippen molar-refractivity contribution in [1.82, 2.24) is 20.9 Å². The van der Waals surface area contributed by atoms with E-state index in [-0.39, 0.29) is 48.1 Å². The monoisotopic (exact) mass is 488 g/mol. The molecule has 1 heterocycles. The molecule has 0 bridgehead atoms. The van der Waals surface area contributed by atoms with E-state index in [1.165, 1.54) is 0 Å². The largest absolute Gasteiger partial charge is 0.357 e. The van der Waals surface area contributed by atoms with E-state index in [2.05, 4.69) is 31.2 Å². The molecule has 0 radical (unpaired) electrons. The minimum absolute atomic E-state index is 0. The quantitative estimate of drug-likeness (QED) is 0.182. The first-order valence-electron chi connectivity index (χ1n) is 9.12. The third-order valence-corrected chi connectivity index (χ3v) is 3.77. The fourth-order valence-electron chi connectivity index (χ4n) is 2.29. The molecule has 1 aliphatic rings. The van der Waals surface area contributed by atoms with Crippen LogP contribution in [0.25, 0.3) is 0 Å². The van der Waals surface area contributed by atoms with Crippen LogP contribution in [0, 0.1) is 12.8 Å². The molecule has 27 heavy (non-hydrogen) atoms. The van der Waals surface area contributed by atoms with Gasteiger partial charge in [-0.3, -0.25) is 14.6 Å². The van der Waals surface area contributed by atoms with Crippen molar-refractivity contribution in [3.8, 4) is 0 Å². The molecule has 1 aromatic rings. The minimum atomic E-state index is -0.126. The van der Waals surface area contributed by atoms with Crippen molar-refractivity contribution in [3.63, 3.8) is 0 Å². The zero-order chi connectivity index (χ0) is 18.8. The van der Waals surface area contributed by atoms with Crippen LogP contribution < -0.4 is 21.3 Å². The maximum Gasteiger partial charge on any atom is 0.227 e. The van der Waals surface area contributed by atoms with Gasteiger partial charge in [0.1, 0.15) is 5.82 Å². The van der Waals surface area contributed by atoms with Gasteiger partial charge < -0.3 is 21.3 Å². The molecule has 0 saturated heterocycles. The molecular formula is C18H29IN6O2. The highest BCUT2D eigenvalue weighted by molar-refractivity contribution is 14.0. The van der Waals surface area contributed by atoms with Crippen LogP contribution in [0.5, 0.6) is 0 Å². The maximum absolute atomic E-state index is 12.0. The highest BCUT2D eigenvalue weighted by Crippen LogP contribution is 2.28. The number of hydrogen-bond donors (Lipinski definition) is 4. The van der Waals surface area contributed by atoms with Gasteiger partial charge in [0.25, 0.3) is 0 Å². The van der Waals surface area contributed by atoms with Gasteiger partial charge in [-0.1, -0.05) is 6.07 Å². The molecule has 0 aromatic carbocycles. The normalized spacial score (nSPS) is 13.3. The van der Waals surface area contributed by atoms with Crippen molar-refractivity contribution < 1.29 is 9.59 Å². The van der Waals surface area contributed by atoms with E-state index in [9.17, 15) is 9.59 Å². The number of pyridine rings is 1. The molecule has 4 N–H and O–H groups in total. The molecule has 2 amide bonds. The molecule has 1 aromatic heterocycles. The van der Waals surface area contributed by atoms with E-state index >= 15 is 0 Å². The van der Waals surface area contributed by atoms with Gasteiger partial charge in [-0.2, -0.15) is 0 Å². The third-order valence-electron chi connectivity index (χ3n) is 3.77. The van der Waals surface area contributed by atoms with Crippen LogP contribution in [0.4, 0.5) is 5.82 Å². The van der Waals surface area contributed by atoms with Crippen LogP contribution in [0.3, 0.4) is 0 Å². The lowest BCUT2D eigenvalue weighted by atomic mass is 10.3. The first kappa shape index (κ1) is 23.1. The molecule has 0 atom stereocenters. The predicted molar refractivity (Wildman–Crippen MR) is 117 cm³/mol. The molecule has 0 unspecified atom stereocenters. The second-order valence-corrected chi connectivity index (χ2v) is 6.22. The number of anilines is 1. The Bertz CT molecular complexity index is 648. The van der Waals surface area contributed by atoms with Crippen molar-refractivity contribution in [2.45, 2.75) is 33.1 Å². The lowest BCUT2D eigenvalue weighted by Crippen LogP contribution is -2.41. The zero-order valence-electron chi connectivity index (χ0n) is 15.9. The Hall–Kier alpha value is -1.91. The summed E-state index contributed by atoms with van der Waals surface area (Å²) in [6, 6.07) is 5.49. The van der Waals surface area contributed by atoms with Crippen molar-refractivity contribution in [1.29, 1.82) is 0 Å². The van der Waals surface area contributed by atoms with Crippen LogP contribution in [0.2, 0.25) is 0 Å². The highest BCUT2D eigenvalue weighted by atomic mass is 127. The fourth-order valence-corrected chi connectivity index (χ4v) is 2.29. The van der Waals surface area contributed by atoms with Gasteiger partial charge in [0, 0.05) is 37.7 Å². The predicted octanol–water partition coefficient (Wildman–Crippen LogP) is 1.42. The Kier molecular flexibility index (Phi) is 10.7. The van der Waals surface area contributed by atoms with Gasteiger partial charge in [-0.05, 0) is 38.8 Å². The molecule has 1 aliphatic carbocycles. The Morgan fingerprint density at radius 1 is 1.19 bits per heavy atom. The van der Waals surface area contributed by atoms with Gasteiger partial charge in [0.05, 0.1) is 6.54 Å². The average molecular weight is 488 g/mol. The summed E-state index contributed by atoms with van der Waals surface area (Å²) in [5.74, 6) is 1.41. The summed E-state index contributed by atoms with van der Waals surface area (Å²) in [4.78, 5) is 32.1. The molecule has 1 fully saturated rings. The smallest absolute Gasteiger partial charge is 0.227 e. The number of aryl methyl sites for hydroxylation is 1. The van der Waals surface area contributed by atoms with E-state index in [1.54, 1.807) is 6.07 Å². The van der Waals surface area contributed by atoms with E-state index < -0.39 is 0 Å². The summed E-state index contributed by atoms with van der Waals surface area (Å²) < 4.78 is 0. The lowest BCUT2D eigenvalue weighted by Gasteiger charge is -2.11. The Morgan fingerprint density at radius 2 is 1.93 bits per heavy atom. The number of aromatic nitrogens is 1. The number of carbonyl (C=O) groups is 2. The zero-order valence-corrected chi connectivity index (χ0v) is 18.2. The number of guanidine groups is 1. The third kappa shape index (κ3) is 9.55. The Balaban J connectivity index is 0.00000364. The number of carbonyl (C=O) groups excluding carboxylic acids is 2. The number of amides is 2. The topological polar surface area (TPSA) is 108 Å². The second-order valence-electron chi connectivity index (χ2n) is 6.22. The second kappa shape index (κ2) is 12.5. The molecule has 8 nitrogen and oxygen atoms in total.